The molecule has 28 heavy (non-hydrogen) atoms. The number of nitrogens with zero attached hydrogens (tertiary/aromatic N) is 2. The Kier molecular flexibility index (Phi) is 9.28. The second kappa shape index (κ2) is 10.8. The van der Waals surface area contributed by atoms with Gasteiger partial charge in [0, 0.05) is 51.2 Å². The summed E-state index contributed by atoms with van der Waals surface area (Å²) in [4.78, 5) is 7.32. The standard InChI is InChI=1S/C19H36N4O3S.HI/c1-3-20-18(21-15-19(27(2,24)25)9-12-26-13-10-19)22-16-8-11-23(14-16)17-6-4-5-7-17;/h16-17H,3-15H2,1-2H3,(H2,20,21,22);1H. The van der Waals surface area contributed by atoms with E-state index >= 15 is 0 Å². The van der Waals surface area contributed by atoms with E-state index in [1.807, 2.05) is 6.92 Å². The molecule has 3 rings (SSSR count). The van der Waals surface area contributed by atoms with Crippen molar-refractivity contribution in [2.75, 3.05) is 45.6 Å². The van der Waals surface area contributed by atoms with Gasteiger partial charge in [0.1, 0.15) is 0 Å². The average molecular weight is 529 g/mol. The molecule has 0 amide bonds. The molecule has 3 aliphatic rings. The number of sulfone groups is 1. The SMILES string of the molecule is CCNC(=NCC1(S(C)(=O)=O)CCOCC1)NC1CCN(C2CCCC2)C1.I. The highest BCUT2D eigenvalue weighted by atomic mass is 127. The second-order valence-corrected chi connectivity index (χ2v) is 10.7. The smallest absolute Gasteiger partial charge is 0.191 e. The van der Waals surface area contributed by atoms with E-state index in [4.69, 9.17) is 9.73 Å². The van der Waals surface area contributed by atoms with Crippen molar-refractivity contribution in [2.24, 2.45) is 4.99 Å². The molecule has 1 atom stereocenters. The van der Waals surface area contributed by atoms with Gasteiger partial charge in [-0.25, -0.2) is 8.42 Å². The lowest BCUT2D eigenvalue weighted by atomic mass is 9.99. The maximum absolute atomic E-state index is 12.4. The zero-order chi connectivity index (χ0) is 19.3. The molecule has 0 aromatic rings. The summed E-state index contributed by atoms with van der Waals surface area (Å²) in [5.74, 6) is 0.741. The maximum Gasteiger partial charge on any atom is 0.191 e. The van der Waals surface area contributed by atoms with Crippen LogP contribution in [0.4, 0.5) is 0 Å². The molecule has 2 aliphatic heterocycles. The number of guanidine groups is 1. The molecule has 0 bridgehead atoms. The van der Waals surface area contributed by atoms with Crippen LogP contribution in [-0.2, 0) is 14.6 Å². The van der Waals surface area contributed by atoms with E-state index in [9.17, 15) is 8.42 Å². The third kappa shape index (κ3) is 5.95. The van der Waals surface area contributed by atoms with Crippen molar-refractivity contribution < 1.29 is 13.2 Å². The van der Waals surface area contributed by atoms with Crippen molar-refractivity contribution >= 4 is 39.8 Å². The van der Waals surface area contributed by atoms with Crippen LogP contribution in [0.3, 0.4) is 0 Å². The van der Waals surface area contributed by atoms with E-state index in [0.717, 1.165) is 38.1 Å². The number of hydrogen-bond acceptors (Lipinski definition) is 5. The summed E-state index contributed by atoms with van der Waals surface area (Å²) >= 11 is 0. The van der Waals surface area contributed by atoms with Crippen LogP contribution in [0.15, 0.2) is 4.99 Å². The van der Waals surface area contributed by atoms with Gasteiger partial charge in [-0.05, 0) is 39.0 Å². The molecule has 0 aromatic carbocycles. The summed E-state index contributed by atoms with van der Waals surface area (Å²) in [6.07, 6.45) is 8.89. The van der Waals surface area contributed by atoms with Crippen molar-refractivity contribution in [1.82, 2.24) is 15.5 Å². The third-order valence-corrected chi connectivity index (χ3v) is 8.57. The maximum atomic E-state index is 12.4. The summed E-state index contributed by atoms with van der Waals surface area (Å²) in [6.45, 7) is 6.28. The van der Waals surface area contributed by atoms with Gasteiger partial charge in [-0.1, -0.05) is 12.8 Å². The van der Waals surface area contributed by atoms with E-state index in [2.05, 4.69) is 15.5 Å². The van der Waals surface area contributed by atoms with Crippen LogP contribution >= 0.6 is 24.0 Å². The normalized spacial score (nSPS) is 26.8. The Hall–Kier alpha value is -0.130. The number of hydrogen-bond donors (Lipinski definition) is 2. The lowest BCUT2D eigenvalue weighted by molar-refractivity contribution is 0.0768. The van der Waals surface area contributed by atoms with Crippen LogP contribution in [0, 0.1) is 0 Å². The Balaban J connectivity index is 0.00000280. The molecular weight excluding hydrogens is 491 g/mol. The molecule has 0 radical (unpaired) electrons. The molecule has 164 valence electrons. The number of nitrogens with one attached hydrogen (secondary N) is 2. The van der Waals surface area contributed by atoms with E-state index in [-0.39, 0.29) is 24.0 Å². The molecular formula is C19H37IN4O3S. The molecule has 0 aromatic heterocycles. The van der Waals surface area contributed by atoms with Gasteiger partial charge >= 0.3 is 0 Å². The highest BCUT2D eigenvalue weighted by molar-refractivity contribution is 14.0. The second-order valence-electron chi connectivity index (χ2n) is 8.33. The first-order chi connectivity index (χ1) is 12.9. The molecule has 1 saturated carbocycles. The first-order valence-corrected chi connectivity index (χ1v) is 12.4. The van der Waals surface area contributed by atoms with Gasteiger partial charge in [0.2, 0.25) is 0 Å². The van der Waals surface area contributed by atoms with Crippen LogP contribution in [0.1, 0.15) is 51.9 Å². The highest BCUT2D eigenvalue weighted by Crippen LogP contribution is 2.30. The van der Waals surface area contributed by atoms with Crippen molar-refractivity contribution in [3.63, 3.8) is 0 Å². The Morgan fingerprint density at radius 2 is 1.89 bits per heavy atom. The van der Waals surface area contributed by atoms with E-state index in [0.29, 0.717) is 38.6 Å². The topological polar surface area (TPSA) is 83.0 Å². The number of rotatable bonds is 6. The Morgan fingerprint density at radius 1 is 1.21 bits per heavy atom. The number of halogens is 1. The van der Waals surface area contributed by atoms with E-state index in [1.54, 1.807) is 0 Å². The molecule has 3 fully saturated rings. The van der Waals surface area contributed by atoms with Gasteiger partial charge in [0.15, 0.2) is 15.8 Å². The van der Waals surface area contributed by atoms with E-state index < -0.39 is 14.6 Å². The van der Waals surface area contributed by atoms with Crippen LogP contribution in [0.25, 0.3) is 0 Å². The average Bonchev–Trinajstić information content (AvgIpc) is 3.31. The number of ether oxygens (including phenoxy) is 1. The van der Waals surface area contributed by atoms with Gasteiger partial charge in [0.25, 0.3) is 0 Å². The van der Waals surface area contributed by atoms with Gasteiger partial charge in [0.05, 0.1) is 11.3 Å². The fraction of sp³-hybridized carbons (Fsp3) is 0.947. The minimum atomic E-state index is -3.20. The molecule has 0 spiro atoms. The molecule has 1 aliphatic carbocycles. The highest BCUT2D eigenvalue weighted by Gasteiger charge is 2.42. The number of aliphatic imine (C=N–C) groups is 1. The van der Waals surface area contributed by atoms with E-state index in [1.165, 1.54) is 31.9 Å². The van der Waals surface area contributed by atoms with Gasteiger partial charge in [-0.3, -0.25) is 9.89 Å². The Morgan fingerprint density at radius 3 is 2.50 bits per heavy atom. The van der Waals surface area contributed by atoms with Crippen molar-refractivity contribution in [1.29, 1.82) is 0 Å². The van der Waals surface area contributed by atoms with Crippen LogP contribution < -0.4 is 10.6 Å². The zero-order valence-electron chi connectivity index (χ0n) is 17.3. The molecule has 2 heterocycles. The first kappa shape index (κ1) is 24.1. The Labute approximate surface area is 187 Å². The third-order valence-electron chi connectivity index (χ3n) is 6.46. The van der Waals surface area contributed by atoms with Crippen molar-refractivity contribution in [2.45, 2.75) is 68.7 Å². The first-order valence-electron chi connectivity index (χ1n) is 10.5. The monoisotopic (exact) mass is 528 g/mol. The predicted molar refractivity (Wildman–Crippen MR) is 124 cm³/mol. The predicted octanol–water partition coefficient (Wildman–Crippen LogP) is 1.77. The lowest BCUT2D eigenvalue weighted by Crippen LogP contribution is -2.49. The Bertz CT molecular complexity index is 617. The summed E-state index contributed by atoms with van der Waals surface area (Å²) in [6, 6.07) is 1.14. The molecule has 1 unspecified atom stereocenters. The van der Waals surface area contributed by atoms with Crippen LogP contribution in [0.2, 0.25) is 0 Å². The van der Waals surface area contributed by atoms with Crippen LogP contribution in [0.5, 0.6) is 0 Å². The molecule has 2 N–H and O–H groups in total. The number of likely N-dealkylation sites (tertiary alicyclic amines) is 1. The lowest BCUT2D eigenvalue weighted by Gasteiger charge is -2.34. The van der Waals surface area contributed by atoms with Gasteiger partial charge in [-0.15, -0.1) is 24.0 Å². The minimum absolute atomic E-state index is 0. The largest absolute Gasteiger partial charge is 0.381 e. The molecule has 7 nitrogen and oxygen atoms in total. The fourth-order valence-electron chi connectivity index (χ4n) is 4.63. The summed E-state index contributed by atoms with van der Waals surface area (Å²) in [7, 11) is -3.20. The van der Waals surface area contributed by atoms with Crippen LogP contribution in [-0.4, -0.2) is 81.8 Å². The molecule has 2 saturated heterocycles. The summed E-state index contributed by atoms with van der Waals surface area (Å²) < 4.78 is 29.5. The zero-order valence-corrected chi connectivity index (χ0v) is 20.4. The molecule has 9 heteroatoms. The van der Waals surface area contributed by atoms with Gasteiger partial charge < -0.3 is 15.4 Å². The summed E-state index contributed by atoms with van der Waals surface area (Å²) in [5.41, 5.74) is 0. The van der Waals surface area contributed by atoms with Crippen molar-refractivity contribution in [3.8, 4) is 0 Å². The minimum Gasteiger partial charge on any atom is -0.381 e. The fourth-order valence-corrected chi connectivity index (χ4v) is 5.84. The van der Waals surface area contributed by atoms with Crippen molar-refractivity contribution in [3.05, 3.63) is 0 Å². The summed E-state index contributed by atoms with van der Waals surface area (Å²) in [5, 5.41) is 6.85. The quantitative estimate of drug-likeness (QED) is 0.311. The van der Waals surface area contributed by atoms with Gasteiger partial charge in [-0.2, -0.15) is 0 Å².